The minimum absolute atomic E-state index is 0.0281. The summed E-state index contributed by atoms with van der Waals surface area (Å²) in [5, 5.41) is 2.90. The van der Waals surface area contributed by atoms with Crippen LogP contribution in [-0.4, -0.2) is 52.2 Å². The Balaban J connectivity index is 1.53. The summed E-state index contributed by atoms with van der Waals surface area (Å²) in [6, 6.07) is 23.3. The SMILES string of the molecule is CCS(=O)(=O)N(C)c1cccc(C(=O)N2C[C@@H](C(=O)NCCc3ccccc3)Oc3ccccc32)c1. The van der Waals surface area contributed by atoms with Gasteiger partial charge in [0.2, 0.25) is 10.0 Å². The number of nitrogens with zero attached hydrogens (tertiary/aromatic N) is 2. The minimum atomic E-state index is -3.48. The lowest BCUT2D eigenvalue weighted by Crippen LogP contribution is -2.51. The van der Waals surface area contributed by atoms with E-state index >= 15 is 0 Å². The molecule has 0 fully saturated rings. The Morgan fingerprint density at radius 2 is 1.75 bits per heavy atom. The maximum Gasteiger partial charge on any atom is 0.262 e. The Hall–Kier alpha value is -3.85. The van der Waals surface area contributed by atoms with Gasteiger partial charge < -0.3 is 15.0 Å². The van der Waals surface area contributed by atoms with Crippen molar-refractivity contribution < 1.29 is 22.7 Å². The van der Waals surface area contributed by atoms with Crippen LogP contribution in [0.25, 0.3) is 0 Å². The fourth-order valence-corrected chi connectivity index (χ4v) is 4.82. The van der Waals surface area contributed by atoms with Gasteiger partial charge in [0, 0.05) is 19.2 Å². The van der Waals surface area contributed by atoms with Crippen molar-refractivity contribution in [3.8, 4) is 5.75 Å². The summed E-state index contributed by atoms with van der Waals surface area (Å²) in [5.74, 6) is -0.278. The van der Waals surface area contributed by atoms with Crippen molar-refractivity contribution in [2.24, 2.45) is 0 Å². The molecule has 3 aromatic rings. The fourth-order valence-electron chi connectivity index (χ4n) is 4.00. The van der Waals surface area contributed by atoms with Crippen LogP contribution in [0.15, 0.2) is 78.9 Å². The Labute approximate surface area is 211 Å². The molecule has 0 spiro atoms. The highest BCUT2D eigenvalue weighted by molar-refractivity contribution is 7.92. The molecule has 3 aromatic carbocycles. The summed E-state index contributed by atoms with van der Waals surface area (Å²) in [7, 11) is -2.02. The first-order valence-electron chi connectivity index (χ1n) is 11.8. The number of carbonyl (C=O) groups is 2. The summed E-state index contributed by atoms with van der Waals surface area (Å²) in [6.45, 7) is 2.04. The molecule has 0 radical (unpaired) electrons. The van der Waals surface area contributed by atoms with Gasteiger partial charge in [-0.1, -0.05) is 48.5 Å². The maximum absolute atomic E-state index is 13.6. The van der Waals surface area contributed by atoms with Crippen molar-refractivity contribution in [3.63, 3.8) is 0 Å². The molecular weight excluding hydrogens is 478 g/mol. The minimum Gasteiger partial charge on any atom is -0.477 e. The van der Waals surface area contributed by atoms with Crippen LogP contribution in [0.2, 0.25) is 0 Å². The van der Waals surface area contributed by atoms with Gasteiger partial charge in [-0.05, 0) is 49.2 Å². The van der Waals surface area contributed by atoms with Gasteiger partial charge in [0.05, 0.1) is 23.7 Å². The Morgan fingerprint density at radius 1 is 1.03 bits per heavy atom. The summed E-state index contributed by atoms with van der Waals surface area (Å²) in [6.07, 6.45) is -0.203. The lowest BCUT2D eigenvalue weighted by molar-refractivity contribution is -0.127. The van der Waals surface area contributed by atoms with Crippen molar-refractivity contribution in [3.05, 3.63) is 90.0 Å². The molecule has 1 atom stereocenters. The molecule has 0 unspecified atom stereocenters. The van der Waals surface area contributed by atoms with E-state index in [1.54, 1.807) is 55.5 Å². The van der Waals surface area contributed by atoms with Crippen LogP contribution >= 0.6 is 0 Å². The van der Waals surface area contributed by atoms with Gasteiger partial charge >= 0.3 is 0 Å². The zero-order valence-corrected chi connectivity index (χ0v) is 21.1. The number of anilines is 2. The van der Waals surface area contributed by atoms with Crippen LogP contribution in [0.5, 0.6) is 5.75 Å². The zero-order chi connectivity index (χ0) is 25.7. The molecule has 8 nitrogen and oxygen atoms in total. The number of fused-ring (bicyclic) bond motifs is 1. The highest BCUT2D eigenvalue weighted by atomic mass is 32.2. The number of hydrogen-bond acceptors (Lipinski definition) is 5. The summed E-state index contributed by atoms with van der Waals surface area (Å²) >= 11 is 0. The average molecular weight is 508 g/mol. The van der Waals surface area contributed by atoms with Crippen LogP contribution in [0.4, 0.5) is 11.4 Å². The Morgan fingerprint density at radius 3 is 2.50 bits per heavy atom. The molecule has 0 saturated carbocycles. The van der Waals surface area contributed by atoms with Crippen molar-refractivity contribution >= 4 is 33.2 Å². The number of hydrogen-bond donors (Lipinski definition) is 1. The first-order valence-corrected chi connectivity index (χ1v) is 13.4. The highest BCUT2D eigenvalue weighted by Crippen LogP contribution is 2.34. The van der Waals surface area contributed by atoms with Crippen LogP contribution in [0.3, 0.4) is 0 Å². The van der Waals surface area contributed by atoms with Gasteiger partial charge in [-0.2, -0.15) is 0 Å². The van der Waals surface area contributed by atoms with Gasteiger partial charge in [0.15, 0.2) is 6.10 Å². The summed E-state index contributed by atoms with van der Waals surface area (Å²) in [5.41, 5.74) is 2.36. The highest BCUT2D eigenvalue weighted by Gasteiger charge is 2.34. The third-order valence-electron chi connectivity index (χ3n) is 6.11. The van der Waals surface area contributed by atoms with E-state index < -0.39 is 16.1 Å². The normalized spacial score (nSPS) is 14.9. The van der Waals surface area contributed by atoms with E-state index in [4.69, 9.17) is 4.74 Å². The van der Waals surface area contributed by atoms with Gasteiger partial charge in [-0.25, -0.2) is 8.42 Å². The number of amides is 2. The van der Waals surface area contributed by atoms with Crippen molar-refractivity contribution in [2.45, 2.75) is 19.4 Å². The van der Waals surface area contributed by atoms with Crippen LogP contribution in [0, 0.1) is 0 Å². The summed E-state index contributed by atoms with van der Waals surface area (Å²) in [4.78, 5) is 28.0. The number of sulfonamides is 1. The quantitative estimate of drug-likeness (QED) is 0.505. The van der Waals surface area contributed by atoms with Gasteiger partial charge in [0.25, 0.3) is 11.8 Å². The van der Waals surface area contributed by atoms with E-state index in [2.05, 4.69) is 5.32 Å². The molecule has 1 N–H and O–H groups in total. The average Bonchev–Trinajstić information content (AvgIpc) is 2.92. The predicted octanol–water partition coefficient (Wildman–Crippen LogP) is 3.24. The molecule has 9 heteroatoms. The third kappa shape index (κ3) is 5.52. The number of rotatable bonds is 8. The van der Waals surface area contributed by atoms with Crippen LogP contribution in [-0.2, 0) is 21.2 Å². The van der Waals surface area contributed by atoms with Crippen LogP contribution in [0.1, 0.15) is 22.8 Å². The fraction of sp³-hybridized carbons (Fsp3) is 0.259. The maximum atomic E-state index is 13.6. The topological polar surface area (TPSA) is 96.0 Å². The monoisotopic (exact) mass is 507 g/mol. The smallest absolute Gasteiger partial charge is 0.262 e. The molecule has 0 saturated heterocycles. The van der Waals surface area contributed by atoms with Gasteiger partial charge in [-0.3, -0.25) is 13.9 Å². The van der Waals surface area contributed by atoms with Crippen LogP contribution < -0.4 is 19.3 Å². The molecule has 0 aliphatic carbocycles. The second-order valence-electron chi connectivity index (χ2n) is 8.43. The van der Waals surface area contributed by atoms with Crippen molar-refractivity contribution in [2.75, 3.05) is 35.1 Å². The van der Waals surface area contributed by atoms with E-state index in [-0.39, 0.29) is 24.1 Å². The molecule has 1 aliphatic heterocycles. The number of carbonyl (C=O) groups excluding carboxylic acids is 2. The predicted molar refractivity (Wildman–Crippen MR) is 140 cm³/mol. The van der Waals surface area contributed by atoms with Gasteiger partial charge in [-0.15, -0.1) is 0 Å². The number of nitrogens with one attached hydrogen (secondary N) is 1. The Bertz CT molecular complexity index is 1340. The standard InChI is InChI=1S/C27H29N3O5S/c1-3-36(33,34)29(2)22-13-9-12-21(18-22)27(32)30-19-25(35-24-15-8-7-14-23(24)30)26(31)28-17-16-20-10-5-4-6-11-20/h4-15,18,25H,3,16-17,19H2,1-2H3,(H,28,31)/t25-/m0/s1. The van der Waals surface area contributed by atoms with Crippen molar-refractivity contribution in [1.82, 2.24) is 5.32 Å². The number of benzene rings is 3. The molecular formula is C27H29N3O5S. The van der Waals surface area contributed by atoms with Gasteiger partial charge in [0.1, 0.15) is 5.75 Å². The first kappa shape index (κ1) is 25.2. The van der Waals surface area contributed by atoms with E-state index in [9.17, 15) is 18.0 Å². The molecule has 1 heterocycles. The lowest BCUT2D eigenvalue weighted by atomic mass is 10.1. The molecule has 36 heavy (non-hydrogen) atoms. The van der Waals surface area contributed by atoms with E-state index in [0.29, 0.717) is 35.7 Å². The molecule has 2 amide bonds. The van der Waals surface area contributed by atoms with E-state index in [1.807, 2.05) is 30.3 Å². The van der Waals surface area contributed by atoms with E-state index in [1.165, 1.54) is 16.3 Å². The second kappa shape index (κ2) is 10.8. The molecule has 4 rings (SSSR count). The Kier molecular flexibility index (Phi) is 7.59. The number of ether oxygens (including phenoxy) is 1. The largest absolute Gasteiger partial charge is 0.477 e. The number of para-hydroxylation sites is 2. The summed E-state index contributed by atoms with van der Waals surface area (Å²) < 4.78 is 31.7. The molecule has 0 aromatic heterocycles. The zero-order valence-electron chi connectivity index (χ0n) is 20.3. The van der Waals surface area contributed by atoms with Crippen molar-refractivity contribution in [1.29, 1.82) is 0 Å². The lowest BCUT2D eigenvalue weighted by Gasteiger charge is -2.34. The first-order chi connectivity index (χ1) is 17.3. The second-order valence-corrected chi connectivity index (χ2v) is 10.7. The molecule has 1 aliphatic rings. The third-order valence-corrected chi connectivity index (χ3v) is 7.88. The molecule has 188 valence electrons. The van der Waals surface area contributed by atoms with E-state index in [0.717, 1.165) is 5.56 Å². The molecule has 0 bridgehead atoms.